The second kappa shape index (κ2) is 8.39. The molecule has 1 aliphatic rings. The van der Waals surface area contributed by atoms with Gasteiger partial charge in [0.2, 0.25) is 5.91 Å². The first kappa shape index (κ1) is 15.5. The van der Waals surface area contributed by atoms with Crippen LogP contribution < -0.4 is 10.6 Å². The summed E-state index contributed by atoms with van der Waals surface area (Å²) in [5.41, 5.74) is 0.801. The number of benzene rings is 1. The molecule has 20 heavy (non-hydrogen) atoms. The van der Waals surface area contributed by atoms with Crippen molar-refractivity contribution in [1.82, 2.24) is 5.32 Å². The molecule has 0 saturated carbocycles. The molecule has 110 valence electrons. The molecule has 1 saturated heterocycles. The summed E-state index contributed by atoms with van der Waals surface area (Å²) < 4.78 is 6.54. The molecule has 2 rings (SSSR count). The topological polar surface area (TPSA) is 50.4 Å². The summed E-state index contributed by atoms with van der Waals surface area (Å²) in [7, 11) is 0. The molecular weight excluding hydrogens is 320 g/mol. The zero-order valence-corrected chi connectivity index (χ0v) is 13.1. The Morgan fingerprint density at radius 3 is 2.95 bits per heavy atom. The molecule has 1 heterocycles. The first-order chi connectivity index (χ1) is 9.75. The van der Waals surface area contributed by atoms with Crippen LogP contribution >= 0.6 is 15.9 Å². The van der Waals surface area contributed by atoms with Crippen molar-refractivity contribution in [1.29, 1.82) is 0 Å². The van der Waals surface area contributed by atoms with E-state index in [0.29, 0.717) is 12.6 Å². The first-order valence-electron chi connectivity index (χ1n) is 7.12. The molecular formula is C15H21BrN2O2. The molecule has 5 heteroatoms. The third kappa shape index (κ3) is 5.23. The predicted molar refractivity (Wildman–Crippen MR) is 83.8 cm³/mol. The smallest absolute Gasteiger partial charge is 0.238 e. The van der Waals surface area contributed by atoms with E-state index in [1.54, 1.807) is 0 Å². The van der Waals surface area contributed by atoms with Gasteiger partial charge in [-0.3, -0.25) is 4.79 Å². The highest BCUT2D eigenvalue weighted by molar-refractivity contribution is 9.10. The van der Waals surface area contributed by atoms with Crippen molar-refractivity contribution >= 4 is 27.5 Å². The number of carbonyl (C=O) groups excluding carboxylic acids is 1. The largest absolute Gasteiger partial charge is 0.378 e. The average molecular weight is 341 g/mol. The van der Waals surface area contributed by atoms with Crippen molar-refractivity contribution in [3.05, 3.63) is 28.7 Å². The van der Waals surface area contributed by atoms with Gasteiger partial charge < -0.3 is 15.4 Å². The van der Waals surface area contributed by atoms with Gasteiger partial charge in [0.15, 0.2) is 0 Å². The maximum Gasteiger partial charge on any atom is 0.238 e. The SMILES string of the molecule is O=C(CNCCC1CCCCO1)Nc1ccccc1Br. The van der Waals surface area contributed by atoms with Crippen LogP contribution in [0, 0.1) is 0 Å². The highest BCUT2D eigenvalue weighted by Gasteiger charge is 2.13. The number of rotatable bonds is 6. The number of hydrogen-bond donors (Lipinski definition) is 2. The second-order valence-corrected chi connectivity index (χ2v) is 5.84. The first-order valence-corrected chi connectivity index (χ1v) is 7.91. The number of carbonyl (C=O) groups is 1. The van der Waals surface area contributed by atoms with E-state index in [9.17, 15) is 4.79 Å². The molecule has 0 bridgehead atoms. The van der Waals surface area contributed by atoms with Gasteiger partial charge >= 0.3 is 0 Å². The normalized spacial score (nSPS) is 18.8. The molecule has 1 aromatic rings. The molecule has 1 aromatic carbocycles. The van der Waals surface area contributed by atoms with Gasteiger partial charge in [0.05, 0.1) is 18.3 Å². The van der Waals surface area contributed by atoms with Gasteiger partial charge in [-0.25, -0.2) is 0 Å². The molecule has 1 atom stereocenters. The number of para-hydroxylation sites is 1. The molecule has 0 aromatic heterocycles. The van der Waals surface area contributed by atoms with E-state index >= 15 is 0 Å². The molecule has 0 radical (unpaired) electrons. The van der Waals surface area contributed by atoms with Crippen molar-refractivity contribution in [2.45, 2.75) is 31.8 Å². The van der Waals surface area contributed by atoms with Gasteiger partial charge in [-0.05, 0) is 60.3 Å². The third-order valence-electron chi connectivity index (χ3n) is 3.35. The van der Waals surface area contributed by atoms with E-state index in [2.05, 4.69) is 26.6 Å². The lowest BCUT2D eigenvalue weighted by molar-refractivity contribution is -0.115. The number of hydrogen-bond acceptors (Lipinski definition) is 3. The van der Waals surface area contributed by atoms with Gasteiger partial charge in [0.1, 0.15) is 0 Å². The lowest BCUT2D eigenvalue weighted by Crippen LogP contribution is -2.31. The summed E-state index contributed by atoms with van der Waals surface area (Å²) in [6, 6.07) is 7.59. The van der Waals surface area contributed by atoms with Crippen LogP contribution in [0.1, 0.15) is 25.7 Å². The zero-order chi connectivity index (χ0) is 14.2. The fraction of sp³-hybridized carbons (Fsp3) is 0.533. The van der Waals surface area contributed by atoms with Gasteiger partial charge in [-0.1, -0.05) is 12.1 Å². The Balaban J connectivity index is 1.61. The van der Waals surface area contributed by atoms with Gasteiger partial charge in [-0.15, -0.1) is 0 Å². The minimum Gasteiger partial charge on any atom is -0.378 e. The van der Waals surface area contributed by atoms with Crippen LogP contribution in [0.15, 0.2) is 28.7 Å². The Bertz CT molecular complexity index is 434. The van der Waals surface area contributed by atoms with Crippen molar-refractivity contribution in [3.63, 3.8) is 0 Å². The Labute approximate surface area is 128 Å². The predicted octanol–water partition coefficient (Wildman–Crippen LogP) is 2.94. The van der Waals surface area contributed by atoms with Crippen LogP contribution in [0.2, 0.25) is 0 Å². The Hall–Kier alpha value is -0.910. The van der Waals surface area contributed by atoms with E-state index in [1.807, 2.05) is 24.3 Å². The van der Waals surface area contributed by atoms with Crippen LogP contribution in [0.5, 0.6) is 0 Å². The van der Waals surface area contributed by atoms with E-state index in [1.165, 1.54) is 12.8 Å². The monoisotopic (exact) mass is 340 g/mol. The standard InChI is InChI=1S/C15H21BrN2O2/c16-13-6-1-2-7-14(13)18-15(19)11-17-9-8-12-5-3-4-10-20-12/h1-2,6-7,12,17H,3-5,8-11H2,(H,18,19). The zero-order valence-electron chi connectivity index (χ0n) is 11.5. The lowest BCUT2D eigenvalue weighted by atomic mass is 10.1. The van der Waals surface area contributed by atoms with E-state index < -0.39 is 0 Å². The molecule has 4 nitrogen and oxygen atoms in total. The number of nitrogens with one attached hydrogen (secondary N) is 2. The number of anilines is 1. The lowest BCUT2D eigenvalue weighted by Gasteiger charge is -2.22. The van der Waals surface area contributed by atoms with Gasteiger partial charge in [0, 0.05) is 11.1 Å². The van der Waals surface area contributed by atoms with Crippen LogP contribution in [0.25, 0.3) is 0 Å². The van der Waals surface area contributed by atoms with Crippen LogP contribution in [-0.4, -0.2) is 31.7 Å². The van der Waals surface area contributed by atoms with Gasteiger partial charge in [-0.2, -0.15) is 0 Å². The van der Waals surface area contributed by atoms with E-state index in [-0.39, 0.29) is 5.91 Å². The third-order valence-corrected chi connectivity index (χ3v) is 4.04. The number of halogens is 1. The molecule has 0 aliphatic carbocycles. The summed E-state index contributed by atoms with van der Waals surface area (Å²) in [4.78, 5) is 11.8. The van der Waals surface area contributed by atoms with Gasteiger partial charge in [0.25, 0.3) is 0 Å². The summed E-state index contributed by atoms with van der Waals surface area (Å²) in [6.45, 7) is 2.02. The Kier molecular flexibility index (Phi) is 6.50. The fourth-order valence-electron chi connectivity index (χ4n) is 2.26. The molecule has 1 fully saturated rings. The average Bonchev–Trinajstić information content (AvgIpc) is 2.47. The van der Waals surface area contributed by atoms with Crippen LogP contribution in [-0.2, 0) is 9.53 Å². The fourth-order valence-corrected chi connectivity index (χ4v) is 2.64. The van der Waals surface area contributed by atoms with Crippen LogP contribution in [0.3, 0.4) is 0 Å². The summed E-state index contributed by atoms with van der Waals surface area (Å²) in [5, 5.41) is 6.03. The highest BCUT2D eigenvalue weighted by atomic mass is 79.9. The minimum absolute atomic E-state index is 0.0264. The molecule has 1 amide bonds. The van der Waals surface area contributed by atoms with Crippen molar-refractivity contribution in [3.8, 4) is 0 Å². The number of ether oxygens (including phenoxy) is 1. The highest BCUT2D eigenvalue weighted by Crippen LogP contribution is 2.20. The Morgan fingerprint density at radius 2 is 2.20 bits per heavy atom. The van der Waals surface area contributed by atoms with E-state index in [4.69, 9.17) is 4.74 Å². The molecule has 1 unspecified atom stereocenters. The molecule has 1 aliphatic heterocycles. The molecule has 0 spiro atoms. The maximum atomic E-state index is 11.8. The quantitative estimate of drug-likeness (QED) is 0.783. The summed E-state index contributed by atoms with van der Waals surface area (Å²) in [5.74, 6) is -0.0264. The van der Waals surface area contributed by atoms with E-state index in [0.717, 1.165) is 36.2 Å². The summed E-state index contributed by atoms with van der Waals surface area (Å²) in [6.07, 6.45) is 4.92. The van der Waals surface area contributed by atoms with Crippen molar-refractivity contribution < 1.29 is 9.53 Å². The minimum atomic E-state index is -0.0264. The van der Waals surface area contributed by atoms with Crippen molar-refractivity contribution in [2.24, 2.45) is 0 Å². The van der Waals surface area contributed by atoms with Crippen molar-refractivity contribution in [2.75, 3.05) is 25.0 Å². The molecule has 2 N–H and O–H groups in total. The van der Waals surface area contributed by atoms with Crippen LogP contribution in [0.4, 0.5) is 5.69 Å². The Morgan fingerprint density at radius 1 is 1.35 bits per heavy atom. The second-order valence-electron chi connectivity index (χ2n) is 4.98. The summed E-state index contributed by atoms with van der Waals surface area (Å²) >= 11 is 3.41. The number of amides is 1. The maximum absolute atomic E-state index is 11.8.